The van der Waals surface area contributed by atoms with Crippen LogP contribution >= 0.6 is 0 Å². The summed E-state index contributed by atoms with van der Waals surface area (Å²) in [6.07, 6.45) is 9.56. The molecule has 2 aromatic carbocycles. The van der Waals surface area contributed by atoms with Crippen molar-refractivity contribution in [3.05, 3.63) is 71.8 Å². The zero-order valence-corrected chi connectivity index (χ0v) is 13.7. The van der Waals surface area contributed by atoms with E-state index in [-0.39, 0.29) is 0 Å². The highest BCUT2D eigenvalue weighted by Gasteiger charge is 2.09. The van der Waals surface area contributed by atoms with Crippen molar-refractivity contribution in [1.82, 2.24) is 0 Å². The minimum atomic E-state index is 0.446. The molecule has 0 aliphatic carbocycles. The lowest BCUT2D eigenvalue weighted by Gasteiger charge is -2.14. The number of hydrogen-bond donors (Lipinski definition) is 0. The van der Waals surface area contributed by atoms with E-state index in [9.17, 15) is 0 Å². The van der Waals surface area contributed by atoms with Gasteiger partial charge in [0.1, 0.15) is 5.75 Å². The summed E-state index contributed by atoms with van der Waals surface area (Å²) in [5, 5.41) is 0. The number of benzene rings is 2. The molecule has 0 amide bonds. The maximum Gasteiger partial charge on any atom is 0.119 e. The molecule has 0 N–H and O–H groups in total. The fourth-order valence-corrected chi connectivity index (χ4v) is 2.65. The molecule has 0 bridgehead atoms. The number of allylic oxidation sites excluding steroid dienone is 1. The predicted octanol–water partition coefficient (Wildman–Crippen LogP) is 6.07. The minimum Gasteiger partial charge on any atom is -0.497 e. The van der Waals surface area contributed by atoms with Crippen molar-refractivity contribution in [2.75, 3.05) is 7.11 Å². The lowest BCUT2D eigenvalue weighted by atomic mass is 9.92. The Balaban J connectivity index is 2.16. The van der Waals surface area contributed by atoms with Crippen molar-refractivity contribution in [2.24, 2.45) is 0 Å². The average Bonchev–Trinajstić information content (AvgIpc) is 2.59. The number of rotatable bonds is 8. The smallest absolute Gasteiger partial charge is 0.119 e. The van der Waals surface area contributed by atoms with Crippen LogP contribution < -0.4 is 4.74 Å². The number of ether oxygens (including phenoxy) is 1. The van der Waals surface area contributed by atoms with E-state index >= 15 is 0 Å². The summed E-state index contributed by atoms with van der Waals surface area (Å²) < 4.78 is 5.37. The van der Waals surface area contributed by atoms with Crippen molar-refractivity contribution in [1.29, 1.82) is 0 Å². The summed E-state index contributed by atoms with van der Waals surface area (Å²) in [6, 6.07) is 19.0. The van der Waals surface area contributed by atoms with E-state index in [0.29, 0.717) is 5.92 Å². The van der Waals surface area contributed by atoms with Crippen LogP contribution in [-0.2, 0) is 0 Å². The molecule has 2 aromatic rings. The van der Waals surface area contributed by atoms with Gasteiger partial charge in [0.15, 0.2) is 0 Å². The van der Waals surface area contributed by atoms with Gasteiger partial charge >= 0.3 is 0 Å². The lowest BCUT2D eigenvalue weighted by Crippen LogP contribution is -1.96. The zero-order chi connectivity index (χ0) is 15.6. The molecule has 0 heterocycles. The molecule has 0 radical (unpaired) electrons. The Morgan fingerprint density at radius 1 is 1.00 bits per heavy atom. The molecule has 22 heavy (non-hydrogen) atoms. The van der Waals surface area contributed by atoms with Gasteiger partial charge in [-0.05, 0) is 29.7 Å². The lowest BCUT2D eigenvalue weighted by molar-refractivity contribution is 0.414. The van der Waals surface area contributed by atoms with Gasteiger partial charge in [0.2, 0.25) is 0 Å². The van der Waals surface area contributed by atoms with Gasteiger partial charge < -0.3 is 4.74 Å². The summed E-state index contributed by atoms with van der Waals surface area (Å²) >= 11 is 0. The van der Waals surface area contributed by atoms with E-state index in [1.807, 2.05) is 6.07 Å². The molecule has 0 aliphatic rings. The highest BCUT2D eigenvalue weighted by Crippen LogP contribution is 2.27. The van der Waals surface area contributed by atoms with Gasteiger partial charge in [-0.2, -0.15) is 0 Å². The van der Waals surface area contributed by atoms with Crippen LogP contribution in [0.4, 0.5) is 0 Å². The molecule has 1 heteroatoms. The third-order valence-corrected chi connectivity index (χ3v) is 3.96. The van der Waals surface area contributed by atoms with E-state index in [4.69, 9.17) is 4.74 Å². The van der Waals surface area contributed by atoms with E-state index in [0.717, 1.165) is 5.75 Å². The number of unbranched alkanes of at least 4 members (excludes halogenated alkanes) is 2. The Morgan fingerprint density at radius 3 is 2.55 bits per heavy atom. The first-order valence-electron chi connectivity index (χ1n) is 8.20. The second-order valence-electron chi connectivity index (χ2n) is 5.65. The van der Waals surface area contributed by atoms with Crippen LogP contribution in [0.15, 0.2) is 60.7 Å². The average molecular weight is 294 g/mol. The minimum absolute atomic E-state index is 0.446. The summed E-state index contributed by atoms with van der Waals surface area (Å²) in [4.78, 5) is 0. The molecule has 0 saturated heterocycles. The molecule has 0 spiro atoms. The van der Waals surface area contributed by atoms with Crippen molar-refractivity contribution in [3.63, 3.8) is 0 Å². The van der Waals surface area contributed by atoms with E-state index < -0.39 is 0 Å². The molecule has 1 atom stereocenters. The first-order valence-corrected chi connectivity index (χ1v) is 8.20. The summed E-state index contributed by atoms with van der Waals surface area (Å²) in [6.45, 7) is 2.25. The Morgan fingerprint density at radius 2 is 1.82 bits per heavy atom. The first-order chi connectivity index (χ1) is 10.8. The van der Waals surface area contributed by atoms with Crippen LogP contribution in [0.25, 0.3) is 6.08 Å². The Kier molecular flexibility index (Phi) is 6.76. The molecule has 2 rings (SSSR count). The zero-order valence-electron chi connectivity index (χ0n) is 13.7. The molecular formula is C21H26O. The summed E-state index contributed by atoms with van der Waals surface area (Å²) in [5.41, 5.74) is 2.59. The third-order valence-electron chi connectivity index (χ3n) is 3.96. The molecular weight excluding hydrogens is 268 g/mol. The SMILES string of the molecule is CCCCCC(/C=C/c1ccccc1)c1cccc(OC)c1. The van der Waals surface area contributed by atoms with Crippen molar-refractivity contribution < 1.29 is 4.74 Å². The van der Waals surface area contributed by atoms with E-state index in [1.54, 1.807) is 7.11 Å². The van der Waals surface area contributed by atoms with Gasteiger partial charge in [-0.1, -0.05) is 80.8 Å². The van der Waals surface area contributed by atoms with Crippen LogP contribution in [0.1, 0.15) is 49.7 Å². The molecule has 0 aromatic heterocycles. The van der Waals surface area contributed by atoms with E-state index in [2.05, 4.69) is 67.6 Å². The molecule has 0 aliphatic heterocycles. The van der Waals surface area contributed by atoms with Crippen molar-refractivity contribution >= 4 is 6.08 Å². The van der Waals surface area contributed by atoms with Gasteiger partial charge in [0, 0.05) is 5.92 Å². The second kappa shape index (κ2) is 9.09. The maximum atomic E-state index is 5.37. The monoisotopic (exact) mass is 294 g/mol. The Bertz CT molecular complexity index is 571. The van der Waals surface area contributed by atoms with Crippen LogP contribution in [0.2, 0.25) is 0 Å². The number of methoxy groups -OCH3 is 1. The summed E-state index contributed by atoms with van der Waals surface area (Å²) in [5.74, 6) is 1.38. The summed E-state index contributed by atoms with van der Waals surface area (Å²) in [7, 11) is 1.73. The molecule has 0 saturated carbocycles. The van der Waals surface area contributed by atoms with Gasteiger partial charge in [0.05, 0.1) is 7.11 Å². The van der Waals surface area contributed by atoms with Crippen LogP contribution in [-0.4, -0.2) is 7.11 Å². The van der Waals surface area contributed by atoms with Crippen LogP contribution in [0.5, 0.6) is 5.75 Å². The Hall–Kier alpha value is -2.02. The Labute approximate surface area is 134 Å². The van der Waals surface area contributed by atoms with Crippen molar-refractivity contribution in [3.8, 4) is 5.75 Å². The fourth-order valence-electron chi connectivity index (χ4n) is 2.65. The quantitative estimate of drug-likeness (QED) is 0.537. The fraction of sp³-hybridized carbons (Fsp3) is 0.333. The maximum absolute atomic E-state index is 5.37. The number of hydrogen-bond acceptors (Lipinski definition) is 1. The topological polar surface area (TPSA) is 9.23 Å². The standard InChI is InChI=1S/C21H26O/c1-3-4-6-12-19(16-15-18-10-7-5-8-11-18)20-13-9-14-21(17-20)22-2/h5,7-11,13-17,19H,3-4,6,12H2,1-2H3/b16-15+. The normalized spacial score (nSPS) is 12.5. The second-order valence-corrected chi connectivity index (χ2v) is 5.65. The van der Waals surface area contributed by atoms with Gasteiger partial charge in [-0.15, -0.1) is 0 Å². The molecule has 0 fully saturated rings. The van der Waals surface area contributed by atoms with E-state index in [1.165, 1.54) is 36.8 Å². The van der Waals surface area contributed by atoms with Gasteiger partial charge in [0.25, 0.3) is 0 Å². The third kappa shape index (κ3) is 5.07. The van der Waals surface area contributed by atoms with Gasteiger partial charge in [-0.25, -0.2) is 0 Å². The predicted molar refractivity (Wildman–Crippen MR) is 95.4 cm³/mol. The highest BCUT2D eigenvalue weighted by atomic mass is 16.5. The molecule has 116 valence electrons. The van der Waals surface area contributed by atoms with Crippen LogP contribution in [0, 0.1) is 0 Å². The molecule has 1 unspecified atom stereocenters. The van der Waals surface area contributed by atoms with Gasteiger partial charge in [-0.3, -0.25) is 0 Å². The van der Waals surface area contributed by atoms with Crippen molar-refractivity contribution in [2.45, 2.75) is 38.5 Å². The molecule has 1 nitrogen and oxygen atoms in total. The first kappa shape index (κ1) is 16.4. The largest absolute Gasteiger partial charge is 0.497 e. The van der Waals surface area contributed by atoms with Crippen LogP contribution in [0.3, 0.4) is 0 Å². The highest BCUT2D eigenvalue weighted by molar-refractivity contribution is 5.50.